The molecule has 2 heterocycles. The van der Waals surface area contributed by atoms with Gasteiger partial charge in [-0.1, -0.05) is 24.3 Å². The van der Waals surface area contributed by atoms with Crippen LogP contribution in [0, 0.1) is 0 Å². The number of likely N-dealkylation sites (tertiary alicyclic amines) is 1. The smallest absolute Gasteiger partial charge is 0.261 e. The molecule has 154 valence electrons. The Bertz CT molecular complexity index is 895. The Morgan fingerprint density at radius 1 is 1.10 bits per heavy atom. The quantitative estimate of drug-likeness (QED) is 0.762. The number of hydrogen-bond acceptors (Lipinski definition) is 4. The molecule has 1 saturated heterocycles. The van der Waals surface area contributed by atoms with Crippen LogP contribution in [0.1, 0.15) is 46.4 Å². The van der Waals surface area contributed by atoms with Crippen LogP contribution in [0.5, 0.6) is 0 Å². The van der Waals surface area contributed by atoms with Gasteiger partial charge in [-0.15, -0.1) is 12.4 Å². The Balaban J connectivity index is 0.00000240. The number of benzene rings is 2. The first-order chi connectivity index (χ1) is 13.6. The Morgan fingerprint density at radius 2 is 1.76 bits per heavy atom. The number of carbonyl (C=O) groups is 3. The van der Waals surface area contributed by atoms with Gasteiger partial charge in [-0.3, -0.25) is 19.3 Å². The van der Waals surface area contributed by atoms with Crippen LogP contribution in [0.25, 0.3) is 10.8 Å². The number of hydrogen-bond donors (Lipinski definition) is 1. The number of nitrogens with one attached hydrogen (secondary N) is 1. The molecule has 0 bridgehead atoms. The van der Waals surface area contributed by atoms with E-state index in [-0.39, 0.29) is 36.7 Å². The van der Waals surface area contributed by atoms with E-state index in [1.54, 1.807) is 12.1 Å². The molecule has 1 N–H and O–H groups in total. The van der Waals surface area contributed by atoms with E-state index in [9.17, 15) is 14.4 Å². The van der Waals surface area contributed by atoms with Gasteiger partial charge in [-0.25, -0.2) is 0 Å². The molecule has 0 spiro atoms. The molecule has 1 unspecified atom stereocenters. The van der Waals surface area contributed by atoms with Gasteiger partial charge in [0.1, 0.15) is 0 Å². The highest BCUT2D eigenvalue weighted by Crippen LogP contribution is 2.30. The summed E-state index contributed by atoms with van der Waals surface area (Å²) in [4.78, 5) is 41.5. The minimum Gasteiger partial charge on any atom is -0.341 e. The molecule has 2 aromatic carbocycles. The summed E-state index contributed by atoms with van der Waals surface area (Å²) < 4.78 is 0. The van der Waals surface area contributed by atoms with Crippen LogP contribution in [0.4, 0.5) is 0 Å². The minimum absolute atomic E-state index is 0. The number of amides is 3. The lowest BCUT2D eigenvalue weighted by Gasteiger charge is -2.33. The molecule has 2 aliphatic rings. The number of rotatable bonds is 5. The summed E-state index contributed by atoms with van der Waals surface area (Å²) in [6, 6.07) is 11.4. The van der Waals surface area contributed by atoms with Crippen molar-refractivity contribution in [3.63, 3.8) is 0 Å². The molecule has 7 heteroatoms. The minimum atomic E-state index is -0.269. The van der Waals surface area contributed by atoms with Crippen LogP contribution in [-0.4, -0.2) is 60.2 Å². The standard InChI is InChI=1S/C22H25N3O3.ClH/c1-23-16-8-4-12-24(14-16)19(26)11-5-13-25-21(27)17-9-2-6-15-7-3-10-18(20(15)17)22(25)28;/h2-3,6-7,9-10,16,23H,4-5,8,11-14H2,1H3;1H. The Kier molecular flexibility index (Phi) is 6.55. The van der Waals surface area contributed by atoms with E-state index in [0.717, 1.165) is 36.7 Å². The summed E-state index contributed by atoms with van der Waals surface area (Å²) in [5.41, 5.74) is 1.12. The van der Waals surface area contributed by atoms with Gasteiger partial charge < -0.3 is 10.2 Å². The van der Waals surface area contributed by atoms with Crippen molar-refractivity contribution in [1.29, 1.82) is 0 Å². The highest BCUT2D eigenvalue weighted by molar-refractivity contribution is 6.25. The third-order valence-corrected chi connectivity index (χ3v) is 5.81. The summed E-state index contributed by atoms with van der Waals surface area (Å²) in [7, 11) is 1.92. The van der Waals surface area contributed by atoms with Gasteiger partial charge in [0.2, 0.25) is 5.91 Å². The maximum Gasteiger partial charge on any atom is 0.261 e. The number of imide groups is 1. The van der Waals surface area contributed by atoms with Gasteiger partial charge >= 0.3 is 0 Å². The molecule has 1 atom stereocenters. The third kappa shape index (κ3) is 4.00. The maximum absolute atomic E-state index is 12.9. The molecule has 0 aromatic heterocycles. The van der Waals surface area contributed by atoms with E-state index in [1.165, 1.54) is 4.90 Å². The zero-order valence-corrected chi connectivity index (χ0v) is 17.3. The average molecular weight is 416 g/mol. The van der Waals surface area contributed by atoms with Crippen LogP contribution >= 0.6 is 12.4 Å². The zero-order valence-electron chi connectivity index (χ0n) is 16.5. The molecule has 6 nitrogen and oxygen atoms in total. The molecule has 29 heavy (non-hydrogen) atoms. The van der Waals surface area contributed by atoms with Crippen molar-refractivity contribution in [2.75, 3.05) is 26.7 Å². The van der Waals surface area contributed by atoms with Crippen LogP contribution in [0.15, 0.2) is 36.4 Å². The summed E-state index contributed by atoms with van der Waals surface area (Å²) in [5, 5.41) is 4.87. The Labute approximate surface area is 176 Å². The first kappa shape index (κ1) is 21.3. The van der Waals surface area contributed by atoms with Crippen LogP contribution in [0.2, 0.25) is 0 Å². The molecule has 2 aliphatic heterocycles. The van der Waals surface area contributed by atoms with Crippen LogP contribution in [0.3, 0.4) is 0 Å². The molecule has 2 aromatic rings. The van der Waals surface area contributed by atoms with Gasteiger partial charge in [0.25, 0.3) is 11.8 Å². The van der Waals surface area contributed by atoms with Gasteiger partial charge in [0, 0.05) is 48.6 Å². The highest BCUT2D eigenvalue weighted by atomic mass is 35.5. The van der Waals surface area contributed by atoms with Gasteiger partial charge in [0.05, 0.1) is 0 Å². The summed E-state index contributed by atoms with van der Waals surface area (Å²) in [6.45, 7) is 1.78. The van der Waals surface area contributed by atoms with Gasteiger partial charge in [-0.2, -0.15) is 0 Å². The number of halogens is 1. The summed E-state index contributed by atoms with van der Waals surface area (Å²) in [6.07, 6.45) is 2.91. The third-order valence-electron chi connectivity index (χ3n) is 5.81. The second-order valence-corrected chi connectivity index (χ2v) is 7.54. The van der Waals surface area contributed by atoms with Crippen molar-refractivity contribution in [2.45, 2.75) is 31.7 Å². The van der Waals surface area contributed by atoms with Gasteiger partial charge in [0.15, 0.2) is 0 Å². The molecule has 0 radical (unpaired) electrons. The lowest BCUT2D eigenvalue weighted by molar-refractivity contribution is -0.132. The molecule has 3 amide bonds. The first-order valence-corrected chi connectivity index (χ1v) is 9.93. The highest BCUT2D eigenvalue weighted by Gasteiger charge is 2.32. The van der Waals surface area contributed by atoms with Crippen molar-refractivity contribution in [2.24, 2.45) is 0 Å². The summed E-state index contributed by atoms with van der Waals surface area (Å²) >= 11 is 0. The van der Waals surface area contributed by atoms with E-state index in [0.29, 0.717) is 30.0 Å². The first-order valence-electron chi connectivity index (χ1n) is 9.93. The predicted octanol–water partition coefficient (Wildman–Crippen LogP) is 2.85. The second kappa shape index (κ2) is 8.93. The van der Waals surface area contributed by atoms with Crippen molar-refractivity contribution in [3.8, 4) is 0 Å². The van der Waals surface area contributed by atoms with Crippen LogP contribution in [-0.2, 0) is 4.79 Å². The number of likely N-dealkylation sites (N-methyl/N-ethyl adjacent to an activating group) is 1. The van der Waals surface area contributed by atoms with Crippen LogP contribution < -0.4 is 5.32 Å². The lowest BCUT2D eigenvalue weighted by Crippen LogP contribution is -2.47. The van der Waals surface area contributed by atoms with Crippen molar-refractivity contribution in [3.05, 3.63) is 47.5 Å². The Hall–Kier alpha value is -2.44. The lowest BCUT2D eigenvalue weighted by atomic mass is 9.94. The second-order valence-electron chi connectivity index (χ2n) is 7.54. The fourth-order valence-corrected chi connectivity index (χ4v) is 4.27. The fraction of sp³-hybridized carbons (Fsp3) is 0.409. The van der Waals surface area contributed by atoms with Gasteiger partial charge in [-0.05, 0) is 43.8 Å². The molecule has 4 rings (SSSR count). The number of nitrogens with zero attached hydrogens (tertiary/aromatic N) is 2. The predicted molar refractivity (Wildman–Crippen MR) is 114 cm³/mol. The van der Waals surface area contributed by atoms with E-state index in [2.05, 4.69) is 5.32 Å². The number of piperidine rings is 1. The molecule has 0 saturated carbocycles. The van der Waals surface area contributed by atoms with E-state index in [1.807, 2.05) is 36.2 Å². The SMILES string of the molecule is CNC1CCCN(C(=O)CCCN2C(=O)c3cccc4cccc(c34)C2=O)C1.Cl. The Morgan fingerprint density at radius 3 is 2.38 bits per heavy atom. The molecular weight excluding hydrogens is 390 g/mol. The normalized spacial score (nSPS) is 18.7. The van der Waals surface area contributed by atoms with E-state index < -0.39 is 0 Å². The summed E-state index contributed by atoms with van der Waals surface area (Å²) in [5.74, 6) is -0.440. The monoisotopic (exact) mass is 415 g/mol. The molecule has 0 aliphatic carbocycles. The topological polar surface area (TPSA) is 69.7 Å². The van der Waals surface area contributed by atoms with E-state index in [4.69, 9.17) is 0 Å². The van der Waals surface area contributed by atoms with Crippen molar-refractivity contribution >= 4 is 40.9 Å². The fourth-order valence-electron chi connectivity index (χ4n) is 4.27. The van der Waals surface area contributed by atoms with Crippen molar-refractivity contribution < 1.29 is 14.4 Å². The number of carbonyl (C=O) groups excluding carboxylic acids is 3. The molecular formula is C22H26ClN3O3. The van der Waals surface area contributed by atoms with E-state index >= 15 is 0 Å². The van der Waals surface area contributed by atoms with Crippen molar-refractivity contribution in [1.82, 2.24) is 15.1 Å². The molecule has 1 fully saturated rings. The average Bonchev–Trinajstić information content (AvgIpc) is 2.74. The largest absolute Gasteiger partial charge is 0.341 e. The maximum atomic E-state index is 12.9. The zero-order chi connectivity index (χ0) is 19.7.